The van der Waals surface area contributed by atoms with Crippen LogP contribution >= 0.6 is 11.6 Å². The molecule has 3 heterocycles. The van der Waals surface area contributed by atoms with Crippen molar-refractivity contribution in [3.63, 3.8) is 0 Å². The summed E-state index contributed by atoms with van der Waals surface area (Å²) in [5.74, 6) is 1.94. The monoisotopic (exact) mass is 506 g/mol. The number of amides is 1. The third-order valence-corrected chi connectivity index (χ3v) is 7.79. The number of benzene rings is 2. The van der Waals surface area contributed by atoms with Crippen molar-refractivity contribution in [1.82, 2.24) is 19.7 Å². The van der Waals surface area contributed by atoms with E-state index in [4.69, 9.17) is 21.1 Å². The Morgan fingerprint density at radius 3 is 2.64 bits per heavy atom. The molecule has 0 N–H and O–H groups in total. The Kier molecular flexibility index (Phi) is 5.61. The van der Waals surface area contributed by atoms with E-state index in [9.17, 15) is 4.79 Å². The van der Waals surface area contributed by atoms with Gasteiger partial charge in [-0.2, -0.15) is 0 Å². The summed E-state index contributed by atoms with van der Waals surface area (Å²) in [4.78, 5) is 14.7. The zero-order chi connectivity index (χ0) is 25.1. The van der Waals surface area contributed by atoms with Crippen LogP contribution in [0.1, 0.15) is 80.7 Å². The quantitative estimate of drug-likeness (QED) is 0.390. The first-order valence-corrected chi connectivity index (χ1v) is 13.0. The van der Waals surface area contributed by atoms with Crippen molar-refractivity contribution >= 4 is 17.7 Å². The fraction of sp³-hybridized carbons (Fsp3) is 0.464. The summed E-state index contributed by atoms with van der Waals surface area (Å²) < 4.78 is 14.2. The molecule has 1 aromatic heterocycles. The van der Waals surface area contributed by atoms with Gasteiger partial charge in [-0.15, -0.1) is 10.2 Å². The molecule has 0 atom stereocenters. The van der Waals surface area contributed by atoms with E-state index in [-0.39, 0.29) is 17.6 Å². The number of aromatic nitrogens is 3. The van der Waals surface area contributed by atoms with Crippen LogP contribution < -0.4 is 0 Å². The van der Waals surface area contributed by atoms with Gasteiger partial charge >= 0.3 is 6.09 Å². The summed E-state index contributed by atoms with van der Waals surface area (Å²) in [7, 11) is 0. The Labute approximate surface area is 216 Å². The number of carbonyl (C=O) groups excluding carboxylic acids is 1. The van der Waals surface area contributed by atoms with Gasteiger partial charge in [0, 0.05) is 10.9 Å². The smallest absolute Gasteiger partial charge is 0.411 e. The van der Waals surface area contributed by atoms with Gasteiger partial charge in [-0.3, -0.25) is 9.47 Å². The molecule has 6 rings (SSSR count). The van der Waals surface area contributed by atoms with Gasteiger partial charge in [0.05, 0.1) is 31.0 Å². The predicted molar refractivity (Wildman–Crippen MR) is 136 cm³/mol. The molecule has 2 aromatic carbocycles. The normalized spacial score (nSPS) is 23.1. The van der Waals surface area contributed by atoms with Crippen LogP contribution in [-0.4, -0.2) is 31.4 Å². The van der Waals surface area contributed by atoms with Gasteiger partial charge in [0.2, 0.25) is 0 Å². The molecule has 188 valence electrons. The number of carbonyl (C=O) groups is 1. The van der Waals surface area contributed by atoms with Crippen molar-refractivity contribution in [2.45, 2.75) is 83.3 Å². The highest BCUT2D eigenvalue weighted by atomic mass is 35.5. The zero-order valence-electron chi connectivity index (χ0n) is 21.0. The minimum atomic E-state index is -0.585. The summed E-state index contributed by atoms with van der Waals surface area (Å²) in [5, 5.41) is 9.87. The molecular weight excluding hydrogens is 476 g/mol. The highest BCUT2D eigenvalue weighted by Gasteiger charge is 2.44. The Balaban J connectivity index is 1.32. The van der Waals surface area contributed by atoms with E-state index in [2.05, 4.69) is 39.0 Å². The van der Waals surface area contributed by atoms with Crippen LogP contribution in [0.5, 0.6) is 0 Å². The standard InChI is InChI=1S/C28H31ClN4O3/c1-27(2,3)36-26(34)32-15-20-14-21(29)8-9-23(20)33-24(16-32)30-31-25(33)18-10-12-28(13-11-18)22-7-5-4-6-19(22)17-35-28/h4-9,14,18H,10-13,15-17H2,1-3H3. The molecule has 1 amide bonds. The van der Waals surface area contributed by atoms with E-state index < -0.39 is 5.60 Å². The fourth-order valence-electron chi connectivity index (χ4n) is 5.89. The third-order valence-electron chi connectivity index (χ3n) is 7.55. The molecule has 2 aliphatic heterocycles. The van der Waals surface area contributed by atoms with Crippen LogP contribution in [0.15, 0.2) is 42.5 Å². The van der Waals surface area contributed by atoms with Gasteiger partial charge in [0.15, 0.2) is 5.82 Å². The lowest BCUT2D eigenvalue weighted by molar-refractivity contribution is -0.0674. The second-order valence-electron chi connectivity index (χ2n) is 11.1. The molecule has 3 aliphatic rings. The molecule has 1 aliphatic carbocycles. The van der Waals surface area contributed by atoms with Crippen LogP contribution in [0.2, 0.25) is 5.02 Å². The zero-order valence-corrected chi connectivity index (χ0v) is 21.7. The number of rotatable bonds is 1. The Hall–Kier alpha value is -2.90. The summed E-state index contributed by atoms with van der Waals surface area (Å²) >= 11 is 6.37. The summed E-state index contributed by atoms with van der Waals surface area (Å²) in [6.45, 7) is 7.02. The summed E-state index contributed by atoms with van der Waals surface area (Å²) in [6.07, 6.45) is 3.46. The highest BCUT2D eigenvalue weighted by molar-refractivity contribution is 6.30. The molecule has 8 heteroatoms. The van der Waals surface area contributed by atoms with Crippen molar-refractivity contribution in [3.8, 4) is 5.69 Å². The molecule has 0 saturated heterocycles. The average molecular weight is 507 g/mol. The van der Waals surface area contributed by atoms with Crippen molar-refractivity contribution in [1.29, 1.82) is 0 Å². The predicted octanol–water partition coefficient (Wildman–Crippen LogP) is 6.25. The molecule has 1 fully saturated rings. The van der Waals surface area contributed by atoms with E-state index in [1.807, 2.05) is 39.0 Å². The van der Waals surface area contributed by atoms with Gasteiger partial charge < -0.3 is 9.47 Å². The molecule has 0 unspecified atom stereocenters. The second-order valence-corrected chi connectivity index (χ2v) is 11.6. The highest BCUT2D eigenvalue weighted by Crippen LogP contribution is 2.50. The van der Waals surface area contributed by atoms with E-state index in [0.29, 0.717) is 24.7 Å². The van der Waals surface area contributed by atoms with Gasteiger partial charge in [-0.1, -0.05) is 35.9 Å². The van der Waals surface area contributed by atoms with Gasteiger partial charge in [-0.05, 0) is 81.3 Å². The molecule has 36 heavy (non-hydrogen) atoms. The Morgan fingerprint density at radius 2 is 1.86 bits per heavy atom. The van der Waals surface area contributed by atoms with Crippen LogP contribution in [0.25, 0.3) is 5.69 Å². The first kappa shape index (κ1) is 23.5. The molecular formula is C28H31ClN4O3. The second kappa shape index (κ2) is 8.60. The number of hydrogen-bond acceptors (Lipinski definition) is 5. The van der Waals surface area contributed by atoms with Crippen molar-refractivity contribution in [3.05, 3.63) is 75.8 Å². The SMILES string of the molecule is CC(C)(C)OC(=O)N1Cc2cc(Cl)ccc2-n2c(nnc2C2CCC3(CC2)OCc2ccccc23)C1. The number of nitrogens with zero attached hydrogens (tertiary/aromatic N) is 4. The molecule has 0 bridgehead atoms. The maximum Gasteiger partial charge on any atom is 0.411 e. The first-order chi connectivity index (χ1) is 17.2. The van der Waals surface area contributed by atoms with E-state index in [1.54, 1.807) is 4.90 Å². The minimum Gasteiger partial charge on any atom is -0.444 e. The molecule has 0 radical (unpaired) electrons. The fourth-order valence-corrected chi connectivity index (χ4v) is 6.08. The molecule has 3 aromatic rings. The molecule has 1 spiro atoms. The third kappa shape index (κ3) is 4.08. The first-order valence-electron chi connectivity index (χ1n) is 12.7. The summed E-state index contributed by atoms with van der Waals surface area (Å²) in [5.41, 5.74) is 3.81. The van der Waals surface area contributed by atoms with E-state index in [1.165, 1.54) is 11.1 Å². The number of halogens is 1. The van der Waals surface area contributed by atoms with Gasteiger partial charge in [-0.25, -0.2) is 4.79 Å². The van der Waals surface area contributed by atoms with Crippen LogP contribution in [0.3, 0.4) is 0 Å². The Morgan fingerprint density at radius 1 is 1.08 bits per heavy atom. The van der Waals surface area contributed by atoms with Crippen molar-refractivity contribution in [2.75, 3.05) is 0 Å². The minimum absolute atomic E-state index is 0.187. The lowest BCUT2D eigenvalue weighted by Crippen LogP contribution is -2.35. The molecule has 1 saturated carbocycles. The summed E-state index contributed by atoms with van der Waals surface area (Å²) in [6, 6.07) is 14.4. The Bertz CT molecular complexity index is 1320. The lowest BCUT2D eigenvalue weighted by atomic mass is 9.74. The number of hydrogen-bond donors (Lipinski definition) is 0. The largest absolute Gasteiger partial charge is 0.444 e. The van der Waals surface area contributed by atoms with Crippen molar-refractivity contribution in [2.24, 2.45) is 0 Å². The van der Waals surface area contributed by atoms with Crippen LogP contribution in [0.4, 0.5) is 4.79 Å². The van der Waals surface area contributed by atoms with E-state index >= 15 is 0 Å². The van der Waals surface area contributed by atoms with E-state index in [0.717, 1.165) is 48.6 Å². The van der Waals surface area contributed by atoms with Gasteiger partial charge in [0.1, 0.15) is 11.4 Å². The van der Waals surface area contributed by atoms with Crippen LogP contribution in [-0.2, 0) is 34.8 Å². The number of ether oxygens (including phenoxy) is 2. The maximum atomic E-state index is 13.0. The maximum absolute atomic E-state index is 13.0. The number of fused-ring (bicyclic) bond motifs is 5. The lowest BCUT2D eigenvalue weighted by Gasteiger charge is -2.37. The average Bonchev–Trinajstić information content (AvgIpc) is 3.36. The van der Waals surface area contributed by atoms with Crippen LogP contribution in [0, 0.1) is 0 Å². The van der Waals surface area contributed by atoms with Crippen molar-refractivity contribution < 1.29 is 14.3 Å². The topological polar surface area (TPSA) is 69.5 Å². The van der Waals surface area contributed by atoms with Gasteiger partial charge in [0.25, 0.3) is 0 Å². The molecule has 7 nitrogen and oxygen atoms in total.